The number of halogens is 1. The van der Waals surface area contributed by atoms with Crippen molar-refractivity contribution in [1.29, 1.82) is 0 Å². The molecule has 1 aliphatic heterocycles. The molecule has 17 heavy (non-hydrogen) atoms. The van der Waals surface area contributed by atoms with E-state index < -0.39 is 0 Å². The summed E-state index contributed by atoms with van der Waals surface area (Å²) in [4.78, 5) is 6.64. The summed E-state index contributed by atoms with van der Waals surface area (Å²) in [5.74, 6) is 2.11. The lowest BCUT2D eigenvalue weighted by Crippen LogP contribution is -2.43. The number of aromatic nitrogens is 1. The van der Waals surface area contributed by atoms with E-state index in [4.69, 9.17) is 21.1 Å². The Bertz CT molecular complexity index is 362. The number of morpholine rings is 1. The normalized spacial score (nSPS) is 20.4. The molecule has 0 amide bonds. The molecule has 2 rings (SSSR count). The van der Waals surface area contributed by atoms with E-state index in [1.807, 2.05) is 25.1 Å². The average molecular weight is 257 g/mol. The number of anilines is 1. The third-order valence-electron chi connectivity index (χ3n) is 2.64. The van der Waals surface area contributed by atoms with Gasteiger partial charge in [-0.1, -0.05) is 6.07 Å². The van der Waals surface area contributed by atoms with Gasteiger partial charge < -0.3 is 14.4 Å². The van der Waals surface area contributed by atoms with Crippen LogP contribution in [-0.4, -0.2) is 43.3 Å². The topological polar surface area (TPSA) is 34.6 Å². The van der Waals surface area contributed by atoms with Crippen LogP contribution in [0.15, 0.2) is 18.2 Å². The average Bonchev–Trinajstić information content (AvgIpc) is 2.40. The van der Waals surface area contributed by atoms with E-state index in [0.29, 0.717) is 25.0 Å². The molecule has 5 heteroatoms. The Kier molecular flexibility index (Phi) is 4.45. The minimum Gasteiger partial charge on any atom is -0.478 e. The minimum absolute atomic E-state index is 0.0861. The van der Waals surface area contributed by atoms with Crippen molar-refractivity contribution < 1.29 is 9.47 Å². The number of alkyl halides is 1. The molecule has 1 aromatic heterocycles. The molecule has 4 nitrogen and oxygen atoms in total. The monoisotopic (exact) mass is 256 g/mol. The van der Waals surface area contributed by atoms with Gasteiger partial charge in [-0.15, -0.1) is 11.6 Å². The molecule has 94 valence electrons. The van der Waals surface area contributed by atoms with Gasteiger partial charge in [0.05, 0.1) is 25.2 Å². The maximum absolute atomic E-state index is 5.82. The lowest BCUT2D eigenvalue weighted by molar-refractivity contribution is 0.0551. The van der Waals surface area contributed by atoms with Crippen LogP contribution in [0.5, 0.6) is 5.88 Å². The van der Waals surface area contributed by atoms with Crippen LogP contribution in [0.2, 0.25) is 0 Å². The smallest absolute Gasteiger partial charge is 0.215 e. The van der Waals surface area contributed by atoms with E-state index in [1.54, 1.807) is 0 Å². The number of nitrogens with zero attached hydrogens (tertiary/aromatic N) is 2. The van der Waals surface area contributed by atoms with Gasteiger partial charge in [-0.25, -0.2) is 0 Å². The molecule has 0 bridgehead atoms. The fourth-order valence-electron chi connectivity index (χ4n) is 1.83. The molecular formula is C12H17ClN2O2. The summed E-state index contributed by atoms with van der Waals surface area (Å²) >= 11 is 5.82. The van der Waals surface area contributed by atoms with E-state index in [-0.39, 0.29) is 6.10 Å². The Hall–Kier alpha value is -1.00. The Morgan fingerprint density at radius 3 is 3.24 bits per heavy atom. The van der Waals surface area contributed by atoms with Gasteiger partial charge in [-0.2, -0.15) is 4.98 Å². The maximum atomic E-state index is 5.82. The lowest BCUT2D eigenvalue weighted by atomic mass is 10.3. The zero-order valence-corrected chi connectivity index (χ0v) is 10.7. The first-order valence-electron chi connectivity index (χ1n) is 5.86. The van der Waals surface area contributed by atoms with Gasteiger partial charge in [-0.05, 0) is 13.0 Å². The summed E-state index contributed by atoms with van der Waals surface area (Å²) in [5, 5.41) is 0. The number of rotatable bonds is 4. The van der Waals surface area contributed by atoms with Gasteiger partial charge in [0.25, 0.3) is 0 Å². The molecular weight excluding hydrogens is 240 g/mol. The van der Waals surface area contributed by atoms with Gasteiger partial charge in [0.1, 0.15) is 5.82 Å². The number of ether oxygens (including phenoxy) is 2. The van der Waals surface area contributed by atoms with Crippen molar-refractivity contribution in [2.75, 3.05) is 37.1 Å². The van der Waals surface area contributed by atoms with E-state index in [2.05, 4.69) is 9.88 Å². The summed E-state index contributed by atoms with van der Waals surface area (Å²) in [6.45, 7) is 4.90. The second-order valence-corrected chi connectivity index (χ2v) is 4.17. The fraction of sp³-hybridized carbons (Fsp3) is 0.583. The lowest BCUT2D eigenvalue weighted by Gasteiger charge is -2.32. The molecule has 0 saturated carbocycles. The Labute approximate surface area is 106 Å². The maximum Gasteiger partial charge on any atom is 0.215 e. The van der Waals surface area contributed by atoms with Crippen molar-refractivity contribution in [2.45, 2.75) is 13.0 Å². The van der Waals surface area contributed by atoms with Crippen molar-refractivity contribution in [2.24, 2.45) is 0 Å². The molecule has 0 aliphatic carbocycles. The molecule has 1 fully saturated rings. The largest absolute Gasteiger partial charge is 0.478 e. The molecule has 0 spiro atoms. The van der Waals surface area contributed by atoms with E-state index in [0.717, 1.165) is 18.9 Å². The Morgan fingerprint density at radius 2 is 2.47 bits per heavy atom. The number of hydrogen-bond donors (Lipinski definition) is 0. The highest BCUT2D eigenvalue weighted by Gasteiger charge is 2.20. The Balaban J connectivity index is 2.07. The van der Waals surface area contributed by atoms with Crippen LogP contribution in [0.4, 0.5) is 5.82 Å². The predicted octanol–water partition coefficient (Wildman–Crippen LogP) is 1.92. The summed E-state index contributed by atoms with van der Waals surface area (Å²) in [6.07, 6.45) is 0.0861. The zero-order valence-electron chi connectivity index (χ0n) is 9.93. The molecule has 1 aromatic rings. The van der Waals surface area contributed by atoms with Crippen LogP contribution in [-0.2, 0) is 4.74 Å². The summed E-state index contributed by atoms with van der Waals surface area (Å²) in [5.41, 5.74) is 0. The molecule has 0 radical (unpaired) electrons. The molecule has 1 atom stereocenters. The van der Waals surface area contributed by atoms with Crippen molar-refractivity contribution in [3.63, 3.8) is 0 Å². The van der Waals surface area contributed by atoms with Crippen LogP contribution < -0.4 is 9.64 Å². The molecule has 1 aliphatic rings. The number of hydrogen-bond acceptors (Lipinski definition) is 4. The van der Waals surface area contributed by atoms with Crippen molar-refractivity contribution in [1.82, 2.24) is 4.98 Å². The second kappa shape index (κ2) is 6.07. The first-order chi connectivity index (χ1) is 8.33. The quantitative estimate of drug-likeness (QED) is 0.771. The summed E-state index contributed by atoms with van der Waals surface area (Å²) in [7, 11) is 0. The highest BCUT2D eigenvalue weighted by atomic mass is 35.5. The first-order valence-corrected chi connectivity index (χ1v) is 6.39. The first kappa shape index (κ1) is 12.5. The standard InChI is InChI=1S/C12H17ClN2O2/c1-2-16-12-5-3-4-11(14-12)15-6-7-17-10(8-13)9-15/h3-5,10H,2,6-9H2,1H3. The van der Waals surface area contributed by atoms with Gasteiger partial charge in [0.2, 0.25) is 5.88 Å². The van der Waals surface area contributed by atoms with Crippen LogP contribution in [0.3, 0.4) is 0 Å². The van der Waals surface area contributed by atoms with Gasteiger partial charge in [0, 0.05) is 19.2 Å². The second-order valence-electron chi connectivity index (χ2n) is 3.86. The predicted molar refractivity (Wildman–Crippen MR) is 68.1 cm³/mol. The molecule has 0 aromatic carbocycles. The van der Waals surface area contributed by atoms with Crippen LogP contribution in [0.1, 0.15) is 6.92 Å². The van der Waals surface area contributed by atoms with Crippen LogP contribution in [0.25, 0.3) is 0 Å². The highest BCUT2D eigenvalue weighted by molar-refractivity contribution is 6.18. The zero-order chi connectivity index (χ0) is 12.1. The molecule has 2 heterocycles. The molecule has 1 unspecified atom stereocenters. The highest BCUT2D eigenvalue weighted by Crippen LogP contribution is 2.19. The van der Waals surface area contributed by atoms with Crippen molar-refractivity contribution in [3.8, 4) is 5.88 Å². The van der Waals surface area contributed by atoms with E-state index in [1.165, 1.54) is 0 Å². The minimum atomic E-state index is 0.0861. The SMILES string of the molecule is CCOc1cccc(N2CCOC(CCl)C2)n1. The van der Waals surface area contributed by atoms with E-state index in [9.17, 15) is 0 Å². The van der Waals surface area contributed by atoms with E-state index >= 15 is 0 Å². The third-order valence-corrected chi connectivity index (χ3v) is 2.98. The summed E-state index contributed by atoms with van der Waals surface area (Å²) in [6, 6.07) is 5.81. The molecule has 0 N–H and O–H groups in total. The fourth-order valence-corrected chi connectivity index (χ4v) is 2.02. The molecule has 1 saturated heterocycles. The van der Waals surface area contributed by atoms with Crippen LogP contribution >= 0.6 is 11.6 Å². The van der Waals surface area contributed by atoms with Gasteiger partial charge in [0.15, 0.2) is 0 Å². The van der Waals surface area contributed by atoms with Crippen molar-refractivity contribution >= 4 is 17.4 Å². The third kappa shape index (κ3) is 3.23. The summed E-state index contributed by atoms with van der Waals surface area (Å²) < 4.78 is 10.9. The van der Waals surface area contributed by atoms with Crippen LogP contribution in [0, 0.1) is 0 Å². The Morgan fingerprint density at radius 1 is 1.59 bits per heavy atom. The number of pyridine rings is 1. The van der Waals surface area contributed by atoms with Crippen molar-refractivity contribution in [3.05, 3.63) is 18.2 Å². The van der Waals surface area contributed by atoms with Gasteiger partial charge in [-0.3, -0.25) is 0 Å². The van der Waals surface area contributed by atoms with Gasteiger partial charge >= 0.3 is 0 Å².